The van der Waals surface area contributed by atoms with Crippen LogP contribution in [0.2, 0.25) is 0 Å². The topological polar surface area (TPSA) is 15.3 Å². The molecule has 2 nitrogen and oxygen atoms in total. The average molecular weight is 258 g/mol. The summed E-state index contributed by atoms with van der Waals surface area (Å²) in [6.45, 7) is 7.10. The molecule has 2 fully saturated rings. The second-order valence-electron chi connectivity index (χ2n) is 6.42. The summed E-state index contributed by atoms with van der Waals surface area (Å²) in [6, 6.07) is 10.5. The fourth-order valence-corrected chi connectivity index (χ4v) is 3.59. The quantitative estimate of drug-likeness (QED) is 0.886. The third kappa shape index (κ3) is 2.79. The van der Waals surface area contributed by atoms with Crippen molar-refractivity contribution in [2.24, 2.45) is 0 Å². The number of nitrogens with one attached hydrogen (secondary N) is 1. The molecule has 2 heterocycles. The maximum Gasteiger partial charge on any atom is 0.0428 e. The Hall–Kier alpha value is -1.02. The second kappa shape index (κ2) is 5.54. The zero-order valence-electron chi connectivity index (χ0n) is 12.2. The van der Waals surface area contributed by atoms with Crippen molar-refractivity contribution in [3.8, 4) is 0 Å². The molecule has 0 spiro atoms. The molecule has 2 atom stereocenters. The van der Waals surface area contributed by atoms with E-state index in [9.17, 15) is 0 Å². The lowest BCUT2D eigenvalue weighted by Gasteiger charge is -2.33. The summed E-state index contributed by atoms with van der Waals surface area (Å²) in [7, 11) is 0. The number of hydrogen-bond donors (Lipinski definition) is 1. The van der Waals surface area contributed by atoms with E-state index in [4.69, 9.17) is 0 Å². The van der Waals surface area contributed by atoms with E-state index >= 15 is 0 Å². The molecule has 3 rings (SSSR count). The van der Waals surface area contributed by atoms with Gasteiger partial charge in [-0.3, -0.25) is 4.90 Å². The van der Waals surface area contributed by atoms with E-state index in [-0.39, 0.29) is 0 Å². The summed E-state index contributed by atoms with van der Waals surface area (Å²) < 4.78 is 0. The Morgan fingerprint density at radius 3 is 2.58 bits per heavy atom. The molecule has 1 aromatic rings. The SMILES string of the molecule is CC(C)c1ccc(NC2CCN3CCCCC23)cc1. The Balaban J connectivity index is 1.64. The molecule has 2 aliphatic heterocycles. The van der Waals surface area contributed by atoms with Gasteiger partial charge in [0.05, 0.1) is 0 Å². The molecule has 1 N–H and O–H groups in total. The zero-order valence-corrected chi connectivity index (χ0v) is 12.2. The third-order valence-electron chi connectivity index (χ3n) is 4.79. The van der Waals surface area contributed by atoms with Crippen LogP contribution in [0.15, 0.2) is 24.3 Å². The maximum atomic E-state index is 3.76. The van der Waals surface area contributed by atoms with Gasteiger partial charge in [0.2, 0.25) is 0 Å². The summed E-state index contributed by atoms with van der Waals surface area (Å²) in [5, 5.41) is 3.76. The van der Waals surface area contributed by atoms with Crippen LogP contribution < -0.4 is 5.32 Å². The van der Waals surface area contributed by atoms with Gasteiger partial charge in [0.15, 0.2) is 0 Å². The highest BCUT2D eigenvalue weighted by atomic mass is 15.2. The average Bonchev–Trinajstić information content (AvgIpc) is 2.83. The van der Waals surface area contributed by atoms with Gasteiger partial charge in [-0.1, -0.05) is 32.4 Å². The van der Waals surface area contributed by atoms with Gasteiger partial charge in [-0.15, -0.1) is 0 Å². The molecular formula is C17H26N2. The third-order valence-corrected chi connectivity index (χ3v) is 4.79. The van der Waals surface area contributed by atoms with Gasteiger partial charge >= 0.3 is 0 Å². The predicted molar refractivity (Wildman–Crippen MR) is 81.8 cm³/mol. The maximum absolute atomic E-state index is 3.76. The van der Waals surface area contributed by atoms with Crippen LogP contribution in [-0.2, 0) is 0 Å². The molecule has 0 saturated carbocycles. The molecule has 19 heavy (non-hydrogen) atoms. The molecule has 0 amide bonds. The Kier molecular flexibility index (Phi) is 3.79. The summed E-state index contributed by atoms with van der Waals surface area (Å²) in [4.78, 5) is 2.68. The van der Waals surface area contributed by atoms with Crippen molar-refractivity contribution in [1.82, 2.24) is 4.90 Å². The number of hydrogen-bond acceptors (Lipinski definition) is 2. The predicted octanol–water partition coefficient (Wildman–Crippen LogP) is 3.85. The fourth-order valence-electron chi connectivity index (χ4n) is 3.59. The number of piperidine rings is 1. The molecular weight excluding hydrogens is 232 g/mol. The zero-order chi connectivity index (χ0) is 13.2. The molecule has 104 valence electrons. The molecule has 0 bridgehead atoms. The number of nitrogens with zero attached hydrogens (tertiary/aromatic N) is 1. The first-order valence-corrected chi connectivity index (χ1v) is 7.84. The Morgan fingerprint density at radius 1 is 1.05 bits per heavy atom. The van der Waals surface area contributed by atoms with Crippen molar-refractivity contribution in [2.45, 2.75) is 57.5 Å². The van der Waals surface area contributed by atoms with Crippen LogP contribution in [-0.4, -0.2) is 30.1 Å². The van der Waals surface area contributed by atoms with Crippen molar-refractivity contribution < 1.29 is 0 Å². The van der Waals surface area contributed by atoms with Crippen molar-refractivity contribution in [1.29, 1.82) is 0 Å². The Morgan fingerprint density at radius 2 is 1.84 bits per heavy atom. The summed E-state index contributed by atoms with van der Waals surface area (Å²) in [6.07, 6.45) is 5.48. The van der Waals surface area contributed by atoms with Crippen LogP contribution in [0.4, 0.5) is 5.69 Å². The fraction of sp³-hybridized carbons (Fsp3) is 0.647. The van der Waals surface area contributed by atoms with E-state index < -0.39 is 0 Å². The minimum absolute atomic E-state index is 0.620. The molecule has 2 aliphatic rings. The van der Waals surface area contributed by atoms with Crippen LogP contribution in [0.1, 0.15) is 51.0 Å². The summed E-state index contributed by atoms with van der Waals surface area (Å²) in [5.41, 5.74) is 2.72. The Labute approximate surface area is 117 Å². The standard InChI is InChI=1S/C17H26N2/c1-13(2)14-6-8-15(9-7-14)18-16-10-12-19-11-4-3-5-17(16)19/h6-9,13,16-18H,3-5,10-12H2,1-2H3. The molecule has 0 aliphatic carbocycles. The van der Waals surface area contributed by atoms with Gasteiger partial charge in [0.25, 0.3) is 0 Å². The summed E-state index contributed by atoms with van der Waals surface area (Å²) in [5.74, 6) is 0.620. The van der Waals surface area contributed by atoms with Gasteiger partial charge in [-0.2, -0.15) is 0 Å². The molecule has 0 radical (unpaired) electrons. The minimum Gasteiger partial charge on any atom is -0.381 e. The highest BCUT2D eigenvalue weighted by Crippen LogP contribution is 2.29. The van der Waals surface area contributed by atoms with Gasteiger partial charge in [0, 0.05) is 24.3 Å². The van der Waals surface area contributed by atoms with Crippen molar-refractivity contribution in [3.63, 3.8) is 0 Å². The van der Waals surface area contributed by atoms with E-state index in [1.807, 2.05) is 0 Å². The Bertz CT molecular complexity index is 410. The van der Waals surface area contributed by atoms with E-state index in [0.717, 1.165) is 6.04 Å². The van der Waals surface area contributed by atoms with Crippen molar-refractivity contribution >= 4 is 5.69 Å². The number of benzene rings is 1. The van der Waals surface area contributed by atoms with Crippen LogP contribution in [0.5, 0.6) is 0 Å². The lowest BCUT2D eigenvalue weighted by molar-refractivity contribution is 0.193. The largest absolute Gasteiger partial charge is 0.381 e. The van der Waals surface area contributed by atoms with Crippen molar-refractivity contribution in [3.05, 3.63) is 29.8 Å². The monoisotopic (exact) mass is 258 g/mol. The first-order valence-electron chi connectivity index (χ1n) is 7.84. The van der Waals surface area contributed by atoms with Gasteiger partial charge < -0.3 is 5.32 Å². The van der Waals surface area contributed by atoms with Crippen molar-refractivity contribution in [2.75, 3.05) is 18.4 Å². The van der Waals surface area contributed by atoms with Gasteiger partial charge in [-0.05, 0) is 49.4 Å². The smallest absolute Gasteiger partial charge is 0.0428 e. The number of rotatable bonds is 3. The summed E-state index contributed by atoms with van der Waals surface area (Å²) >= 11 is 0. The van der Waals surface area contributed by atoms with E-state index in [2.05, 4.69) is 48.3 Å². The molecule has 2 heteroatoms. The first-order chi connectivity index (χ1) is 9.24. The molecule has 0 aromatic heterocycles. The van der Waals surface area contributed by atoms with E-state index in [0.29, 0.717) is 12.0 Å². The lowest BCUT2D eigenvalue weighted by Crippen LogP contribution is -2.41. The first kappa shape index (κ1) is 13.0. The van der Waals surface area contributed by atoms with Crippen LogP contribution >= 0.6 is 0 Å². The second-order valence-corrected chi connectivity index (χ2v) is 6.42. The highest BCUT2D eigenvalue weighted by molar-refractivity contribution is 5.46. The normalized spacial score (nSPS) is 27.5. The lowest BCUT2D eigenvalue weighted by atomic mass is 9.98. The van der Waals surface area contributed by atoms with Gasteiger partial charge in [-0.25, -0.2) is 0 Å². The highest BCUT2D eigenvalue weighted by Gasteiger charge is 2.35. The number of anilines is 1. The molecule has 1 aromatic carbocycles. The van der Waals surface area contributed by atoms with Crippen LogP contribution in [0.3, 0.4) is 0 Å². The number of fused-ring (bicyclic) bond motifs is 1. The van der Waals surface area contributed by atoms with Crippen LogP contribution in [0.25, 0.3) is 0 Å². The van der Waals surface area contributed by atoms with E-state index in [1.165, 1.54) is 50.0 Å². The molecule has 2 saturated heterocycles. The minimum atomic E-state index is 0.620. The van der Waals surface area contributed by atoms with Gasteiger partial charge in [0.1, 0.15) is 0 Å². The van der Waals surface area contributed by atoms with Crippen LogP contribution in [0, 0.1) is 0 Å². The van der Waals surface area contributed by atoms with E-state index in [1.54, 1.807) is 0 Å². The molecule has 2 unspecified atom stereocenters.